The minimum Gasteiger partial charge on any atom is -0.301 e. The van der Waals surface area contributed by atoms with E-state index in [0.717, 1.165) is 15.5 Å². The molecule has 0 aliphatic carbocycles. The number of nitrogens with one attached hydrogen (secondary N) is 1. The summed E-state index contributed by atoms with van der Waals surface area (Å²) < 4.78 is 0. The molecule has 1 amide bonds. The van der Waals surface area contributed by atoms with Crippen molar-refractivity contribution < 1.29 is 4.79 Å². The molecule has 3 aromatic heterocycles. The zero-order valence-corrected chi connectivity index (χ0v) is 15.9. The zero-order chi connectivity index (χ0) is 17.9. The molecule has 9 heteroatoms. The first-order valence-electron chi connectivity index (χ1n) is 7.85. The fourth-order valence-electron chi connectivity index (χ4n) is 2.66. The first-order valence-corrected chi connectivity index (χ1v) is 10.6. The highest BCUT2D eigenvalue weighted by atomic mass is 32.2. The largest absolute Gasteiger partial charge is 0.301 e. The molecule has 0 unspecified atom stereocenters. The summed E-state index contributed by atoms with van der Waals surface area (Å²) in [4.78, 5) is 33.0. The summed E-state index contributed by atoms with van der Waals surface area (Å²) in [7, 11) is 0. The number of thioether (sulfide) groups is 1. The predicted octanol–water partition coefficient (Wildman–Crippen LogP) is 3.36. The number of thiophene rings is 2. The number of hydrogen-bond donors (Lipinski definition) is 1. The van der Waals surface area contributed by atoms with Crippen LogP contribution < -0.4 is 5.56 Å². The lowest BCUT2D eigenvalue weighted by atomic mass is 10.1. The molecule has 1 aliphatic heterocycles. The van der Waals surface area contributed by atoms with Gasteiger partial charge in [0, 0.05) is 23.6 Å². The second-order valence-electron chi connectivity index (χ2n) is 5.53. The number of carbonyl (C=O) groups excluding carboxylic acids is 1. The van der Waals surface area contributed by atoms with E-state index in [1.165, 1.54) is 24.0 Å². The Kier molecular flexibility index (Phi) is 5.00. The average Bonchev–Trinajstić information content (AvgIpc) is 3.40. The standard InChI is InChI=1S/C17H14N4O2S3/c22-15-5-6-18-17(19-15)26-10-16(23)21-12(14-4-2-8-25-14)9-11(20-21)13-3-1-7-24-13/h1-8,12H,9-10H2,(H,18,19,22)/t12-/m0/s1. The van der Waals surface area contributed by atoms with Crippen LogP contribution in [-0.4, -0.2) is 32.3 Å². The quantitative estimate of drug-likeness (QED) is 0.524. The Morgan fingerprint density at radius 3 is 2.85 bits per heavy atom. The van der Waals surface area contributed by atoms with Crippen LogP contribution in [0.2, 0.25) is 0 Å². The maximum Gasteiger partial charge on any atom is 0.253 e. The van der Waals surface area contributed by atoms with Crippen molar-refractivity contribution in [1.82, 2.24) is 15.0 Å². The highest BCUT2D eigenvalue weighted by Gasteiger charge is 2.33. The van der Waals surface area contributed by atoms with Crippen molar-refractivity contribution in [2.45, 2.75) is 17.6 Å². The molecule has 26 heavy (non-hydrogen) atoms. The van der Waals surface area contributed by atoms with Crippen molar-refractivity contribution in [3.05, 3.63) is 67.4 Å². The molecule has 0 saturated heterocycles. The first-order chi connectivity index (χ1) is 12.7. The van der Waals surface area contributed by atoms with Crippen LogP contribution in [0.15, 0.2) is 62.3 Å². The van der Waals surface area contributed by atoms with Gasteiger partial charge in [0.1, 0.15) is 0 Å². The Labute approximate surface area is 161 Å². The molecular formula is C17H14N4O2S3. The molecule has 1 N–H and O–H groups in total. The van der Waals surface area contributed by atoms with Crippen LogP contribution in [-0.2, 0) is 4.79 Å². The molecule has 0 spiro atoms. The molecule has 1 aliphatic rings. The maximum absolute atomic E-state index is 12.8. The van der Waals surface area contributed by atoms with Crippen molar-refractivity contribution in [2.24, 2.45) is 5.10 Å². The Bertz CT molecular complexity index is 980. The number of carbonyl (C=O) groups is 1. The Balaban J connectivity index is 1.54. The zero-order valence-electron chi connectivity index (χ0n) is 13.5. The smallest absolute Gasteiger partial charge is 0.253 e. The van der Waals surface area contributed by atoms with Gasteiger partial charge in [0.25, 0.3) is 11.5 Å². The summed E-state index contributed by atoms with van der Waals surface area (Å²) in [6.07, 6.45) is 2.14. The highest BCUT2D eigenvalue weighted by Crippen LogP contribution is 2.36. The lowest BCUT2D eigenvalue weighted by molar-refractivity contribution is -0.130. The van der Waals surface area contributed by atoms with Gasteiger partial charge in [-0.2, -0.15) is 5.10 Å². The Hall–Kier alpha value is -2.23. The summed E-state index contributed by atoms with van der Waals surface area (Å²) in [5.74, 6) is 0.0576. The van der Waals surface area contributed by atoms with Crippen molar-refractivity contribution >= 4 is 46.1 Å². The number of nitrogens with zero attached hydrogens (tertiary/aromatic N) is 3. The molecule has 0 aromatic carbocycles. The van der Waals surface area contributed by atoms with E-state index in [-0.39, 0.29) is 23.3 Å². The van der Waals surface area contributed by atoms with E-state index in [0.29, 0.717) is 11.6 Å². The monoisotopic (exact) mass is 402 g/mol. The van der Waals surface area contributed by atoms with Crippen LogP contribution in [0.3, 0.4) is 0 Å². The van der Waals surface area contributed by atoms with Gasteiger partial charge in [0.05, 0.1) is 22.4 Å². The fourth-order valence-corrected chi connectivity index (χ4v) is 4.89. The molecule has 6 nitrogen and oxygen atoms in total. The number of hydrazone groups is 1. The van der Waals surface area contributed by atoms with Gasteiger partial charge in [-0.05, 0) is 22.9 Å². The third-order valence-electron chi connectivity index (χ3n) is 3.82. The predicted molar refractivity (Wildman–Crippen MR) is 105 cm³/mol. The van der Waals surface area contributed by atoms with Gasteiger partial charge in [0.15, 0.2) is 5.16 Å². The van der Waals surface area contributed by atoms with E-state index < -0.39 is 0 Å². The van der Waals surface area contributed by atoms with Crippen LogP contribution in [0, 0.1) is 0 Å². The average molecular weight is 403 g/mol. The Morgan fingerprint density at radius 2 is 2.12 bits per heavy atom. The molecule has 3 aromatic rings. The summed E-state index contributed by atoms with van der Waals surface area (Å²) in [6.45, 7) is 0. The van der Waals surface area contributed by atoms with E-state index in [4.69, 9.17) is 0 Å². The highest BCUT2D eigenvalue weighted by molar-refractivity contribution is 7.99. The van der Waals surface area contributed by atoms with E-state index in [1.807, 2.05) is 35.0 Å². The van der Waals surface area contributed by atoms with Gasteiger partial charge < -0.3 is 4.98 Å². The van der Waals surface area contributed by atoms with Gasteiger partial charge in [-0.3, -0.25) is 9.59 Å². The van der Waals surface area contributed by atoms with E-state index in [1.54, 1.807) is 27.7 Å². The second kappa shape index (κ2) is 7.56. The topological polar surface area (TPSA) is 78.4 Å². The van der Waals surface area contributed by atoms with Gasteiger partial charge in [-0.1, -0.05) is 23.9 Å². The van der Waals surface area contributed by atoms with E-state index in [2.05, 4.69) is 15.1 Å². The van der Waals surface area contributed by atoms with Gasteiger partial charge in [-0.25, -0.2) is 9.99 Å². The van der Waals surface area contributed by atoms with Crippen LogP contribution in [0.1, 0.15) is 22.2 Å². The Morgan fingerprint density at radius 1 is 1.27 bits per heavy atom. The molecule has 4 heterocycles. The van der Waals surface area contributed by atoms with Crippen LogP contribution in [0.5, 0.6) is 0 Å². The minimum absolute atomic E-state index is 0.0806. The van der Waals surface area contributed by atoms with Gasteiger partial charge in [-0.15, -0.1) is 22.7 Å². The van der Waals surface area contributed by atoms with Crippen LogP contribution in [0.25, 0.3) is 0 Å². The summed E-state index contributed by atoms with van der Waals surface area (Å²) in [5, 5.41) is 10.6. The van der Waals surface area contributed by atoms with Crippen molar-refractivity contribution in [3.8, 4) is 0 Å². The molecular weight excluding hydrogens is 388 g/mol. The van der Waals surface area contributed by atoms with Crippen molar-refractivity contribution in [3.63, 3.8) is 0 Å². The third kappa shape index (κ3) is 3.64. The van der Waals surface area contributed by atoms with Gasteiger partial charge >= 0.3 is 0 Å². The SMILES string of the molecule is O=C(CSc1nccc(=O)[nH]1)N1N=C(c2cccs2)C[C@H]1c1cccs1. The fraction of sp³-hybridized carbons (Fsp3) is 0.176. The second-order valence-corrected chi connectivity index (χ2v) is 8.42. The molecule has 0 bridgehead atoms. The summed E-state index contributed by atoms with van der Waals surface area (Å²) in [5.41, 5.74) is 0.702. The number of hydrogen-bond acceptors (Lipinski definition) is 7. The van der Waals surface area contributed by atoms with Crippen molar-refractivity contribution in [2.75, 3.05) is 5.75 Å². The summed E-state index contributed by atoms with van der Waals surface area (Å²) in [6, 6.07) is 9.29. The van der Waals surface area contributed by atoms with Crippen LogP contribution >= 0.6 is 34.4 Å². The van der Waals surface area contributed by atoms with E-state index in [9.17, 15) is 9.59 Å². The third-order valence-corrected chi connectivity index (χ3v) is 6.59. The first kappa shape index (κ1) is 17.2. The molecule has 1 atom stereocenters. The van der Waals surface area contributed by atoms with Crippen molar-refractivity contribution in [1.29, 1.82) is 0 Å². The number of H-pyrrole nitrogens is 1. The molecule has 0 fully saturated rings. The molecule has 4 rings (SSSR count). The van der Waals surface area contributed by atoms with Crippen LogP contribution in [0.4, 0.5) is 0 Å². The molecule has 0 radical (unpaired) electrons. The normalized spacial score (nSPS) is 16.7. The van der Waals surface area contributed by atoms with Gasteiger partial charge in [0.2, 0.25) is 0 Å². The minimum atomic E-state index is -0.231. The lowest BCUT2D eigenvalue weighted by Crippen LogP contribution is -2.28. The number of rotatable bonds is 5. The number of aromatic amines is 1. The summed E-state index contributed by atoms with van der Waals surface area (Å²) >= 11 is 4.46. The maximum atomic E-state index is 12.8. The van der Waals surface area contributed by atoms with E-state index >= 15 is 0 Å². The lowest BCUT2D eigenvalue weighted by Gasteiger charge is -2.20. The number of amides is 1. The number of aromatic nitrogens is 2. The molecule has 132 valence electrons. The molecule has 0 saturated carbocycles.